The molecule has 4 nitrogen and oxygen atoms in total. The van der Waals surface area contributed by atoms with Crippen LogP contribution in [0.5, 0.6) is 0 Å². The molecule has 0 saturated heterocycles. The van der Waals surface area contributed by atoms with Gasteiger partial charge >= 0.3 is 0 Å². The quantitative estimate of drug-likeness (QED) is 0.724. The smallest absolute Gasteiger partial charge is 0.242 e. The maximum atomic E-state index is 13.1. The van der Waals surface area contributed by atoms with Crippen LogP contribution in [-0.2, 0) is 22.6 Å². The van der Waals surface area contributed by atoms with E-state index < -0.39 is 6.04 Å². The zero-order valence-electron chi connectivity index (χ0n) is 16.6. The van der Waals surface area contributed by atoms with E-state index in [2.05, 4.69) is 5.32 Å². The van der Waals surface area contributed by atoms with Gasteiger partial charge in [0.1, 0.15) is 6.04 Å². The Morgan fingerprint density at radius 1 is 1.00 bits per heavy atom. The molecule has 1 N–H and O–H groups in total. The molecule has 0 bridgehead atoms. The molecule has 2 aromatic rings. The Kier molecular flexibility index (Phi) is 7.50. The lowest BCUT2D eigenvalue weighted by molar-refractivity contribution is -0.140. The highest BCUT2D eigenvalue weighted by Crippen LogP contribution is 2.17. The summed E-state index contributed by atoms with van der Waals surface area (Å²) in [5, 5.41) is 4.15. The van der Waals surface area contributed by atoms with Gasteiger partial charge in [-0.15, -0.1) is 0 Å². The van der Waals surface area contributed by atoms with E-state index in [1.165, 1.54) is 0 Å². The summed E-state index contributed by atoms with van der Waals surface area (Å²) < 4.78 is 0. The zero-order chi connectivity index (χ0) is 20.9. The summed E-state index contributed by atoms with van der Waals surface area (Å²) >= 11 is 12.0. The highest BCUT2D eigenvalue weighted by Gasteiger charge is 2.28. The van der Waals surface area contributed by atoms with Crippen LogP contribution in [0.1, 0.15) is 38.8 Å². The van der Waals surface area contributed by atoms with E-state index in [4.69, 9.17) is 23.2 Å². The van der Waals surface area contributed by atoms with E-state index in [-0.39, 0.29) is 23.8 Å². The number of halogens is 2. The highest BCUT2D eigenvalue weighted by atomic mass is 35.5. The molecular formula is C22H26Cl2N2O2. The van der Waals surface area contributed by atoms with Crippen molar-refractivity contribution in [2.75, 3.05) is 0 Å². The molecule has 150 valence electrons. The molecule has 2 amide bonds. The standard InChI is InChI=1S/C22H26Cl2N2O2/c1-15(21(28)25-22(2,3)4)26(14-16-8-10-18(23)11-9-16)20(27)13-17-6-5-7-19(24)12-17/h5-12,15H,13-14H2,1-4H3,(H,25,28)/t15-/m0/s1. The highest BCUT2D eigenvalue weighted by molar-refractivity contribution is 6.30. The number of carbonyl (C=O) groups excluding carboxylic acids is 2. The second kappa shape index (κ2) is 9.44. The molecule has 28 heavy (non-hydrogen) atoms. The largest absolute Gasteiger partial charge is 0.350 e. The van der Waals surface area contributed by atoms with Gasteiger partial charge in [-0.2, -0.15) is 0 Å². The lowest BCUT2D eigenvalue weighted by Gasteiger charge is -2.31. The fraction of sp³-hybridized carbons (Fsp3) is 0.364. The summed E-state index contributed by atoms with van der Waals surface area (Å²) in [5.41, 5.74) is 1.33. The van der Waals surface area contributed by atoms with Crippen LogP contribution in [0.2, 0.25) is 10.0 Å². The van der Waals surface area contributed by atoms with E-state index >= 15 is 0 Å². The third-order valence-corrected chi connectivity index (χ3v) is 4.66. The number of benzene rings is 2. The molecular weight excluding hydrogens is 395 g/mol. The van der Waals surface area contributed by atoms with Crippen LogP contribution < -0.4 is 5.32 Å². The summed E-state index contributed by atoms with van der Waals surface area (Å²) in [4.78, 5) is 27.4. The Balaban J connectivity index is 2.24. The molecule has 0 aliphatic rings. The van der Waals surface area contributed by atoms with Crippen LogP contribution in [-0.4, -0.2) is 28.3 Å². The van der Waals surface area contributed by atoms with E-state index in [0.717, 1.165) is 11.1 Å². The minimum absolute atomic E-state index is 0.145. The predicted octanol–water partition coefficient (Wildman–Crippen LogP) is 4.87. The van der Waals surface area contributed by atoms with Crippen LogP contribution in [0.15, 0.2) is 48.5 Å². The first kappa shape index (κ1) is 22.3. The van der Waals surface area contributed by atoms with Gasteiger partial charge in [0.25, 0.3) is 0 Å². The molecule has 0 spiro atoms. The third kappa shape index (κ3) is 6.84. The number of rotatable bonds is 6. The van der Waals surface area contributed by atoms with Gasteiger partial charge in [0, 0.05) is 22.1 Å². The molecule has 0 fully saturated rings. The summed E-state index contributed by atoms with van der Waals surface area (Å²) in [6.07, 6.45) is 0.168. The minimum Gasteiger partial charge on any atom is -0.350 e. The fourth-order valence-electron chi connectivity index (χ4n) is 2.77. The van der Waals surface area contributed by atoms with Crippen LogP contribution in [0.3, 0.4) is 0 Å². The van der Waals surface area contributed by atoms with E-state index in [1.807, 2.05) is 45.0 Å². The Labute approximate surface area is 176 Å². The monoisotopic (exact) mass is 420 g/mol. The van der Waals surface area contributed by atoms with Gasteiger partial charge in [0.05, 0.1) is 6.42 Å². The second-order valence-electron chi connectivity index (χ2n) is 7.87. The predicted molar refractivity (Wildman–Crippen MR) is 115 cm³/mol. The first-order valence-corrected chi connectivity index (χ1v) is 9.91. The summed E-state index contributed by atoms with van der Waals surface area (Å²) in [6.45, 7) is 7.79. The maximum absolute atomic E-state index is 13.1. The van der Waals surface area contributed by atoms with Gasteiger partial charge in [-0.1, -0.05) is 47.5 Å². The van der Waals surface area contributed by atoms with Crippen molar-refractivity contribution in [2.24, 2.45) is 0 Å². The Bertz CT molecular complexity index is 829. The minimum atomic E-state index is -0.624. The molecule has 0 aromatic heterocycles. The van der Waals surface area contributed by atoms with Crippen LogP contribution in [0, 0.1) is 0 Å². The molecule has 0 aliphatic carbocycles. The molecule has 0 aliphatic heterocycles. The van der Waals surface area contributed by atoms with Gasteiger partial charge in [-0.05, 0) is 63.1 Å². The second-order valence-corrected chi connectivity index (χ2v) is 8.74. The van der Waals surface area contributed by atoms with Crippen molar-refractivity contribution in [3.8, 4) is 0 Å². The normalized spacial score (nSPS) is 12.4. The van der Waals surface area contributed by atoms with Gasteiger partial charge in [0.15, 0.2) is 0 Å². The molecule has 1 atom stereocenters. The van der Waals surface area contributed by atoms with Crippen molar-refractivity contribution in [1.29, 1.82) is 0 Å². The first-order valence-electron chi connectivity index (χ1n) is 9.15. The number of hydrogen-bond acceptors (Lipinski definition) is 2. The Hall–Kier alpha value is -2.04. The van der Waals surface area contributed by atoms with E-state index in [9.17, 15) is 9.59 Å². The summed E-state index contributed by atoms with van der Waals surface area (Å²) in [6, 6.07) is 13.8. The van der Waals surface area contributed by atoms with Crippen molar-refractivity contribution in [1.82, 2.24) is 10.2 Å². The topological polar surface area (TPSA) is 49.4 Å². The van der Waals surface area contributed by atoms with Gasteiger partial charge in [-0.3, -0.25) is 9.59 Å². The van der Waals surface area contributed by atoms with Crippen LogP contribution >= 0.6 is 23.2 Å². The van der Waals surface area contributed by atoms with Crippen molar-refractivity contribution < 1.29 is 9.59 Å². The number of hydrogen-bond donors (Lipinski definition) is 1. The summed E-state index contributed by atoms with van der Waals surface area (Å²) in [7, 11) is 0. The average molecular weight is 421 g/mol. The van der Waals surface area contributed by atoms with Crippen LogP contribution in [0.4, 0.5) is 0 Å². The Morgan fingerprint density at radius 3 is 2.21 bits per heavy atom. The lowest BCUT2D eigenvalue weighted by Crippen LogP contribution is -2.52. The molecule has 2 rings (SSSR count). The zero-order valence-corrected chi connectivity index (χ0v) is 18.1. The summed E-state index contributed by atoms with van der Waals surface area (Å²) in [5.74, 6) is -0.338. The average Bonchev–Trinajstić information content (AvgIpc) is 2.59. The Morgan fingerprint density at radius 2 is 1.64 bits per heavy atom. The number of nitrogens with zero attached hydrogens (tertiary/aromatic N) is 1. The lowest BCUT2D eigenvalue weighted by atomic mass is 10.1. The van der Waals surface area contributed by atoms with Gasteiger partial charge < -0.3 is 10.2 Å². The molecule has 2 aromatic carbocycles. The van der Waals surface area contributed by atoms with Gasteiger partial charge in [-0.25, -0.2) is 0 Å². The van der Waals surface area contributed by atoms with E-state index in [1.54, 1.807) is 36.1 Å². The van der Waals surface area contributed by atoms with Crippen molar-refractivity contribution in [3.63, 3.8) is 0 Å². The van der Waals surface area contributed by atoms with Crippen molar-refractivity contribution in [2.45, 2.75) is 52.2 Å². The number of amides is 2. The third-order valence-electron chi connectivity index (χ3n) is 4.18. The molecule has 0 radical (unpaired) electrons. The molecule has 0 unspecified atom stereocenters. The number of nitrogens with one attached hydrogen (secondary N) is 1. The molecule has 0 heterocycles. The molecule has 0 saturated carbocycles. The van der Waals surface area contributed by atoms with E-state index in [0.29, 0.717) is 16.6 Å². The fourth-order valence-corrected chi connectivity index (χ4v) is 3.11. The van der Waals surface area contributed by atoms with Crippen molar-refractivity contribution >= 4 is 35.0 Å². The maximum Gasteiger partial charge on any atom is 0.242 e. The first-order chi connectivity index (χ1) is 13.0. The molecule has 6 heteroatoms. The van der Waals surface area contributed by atoms with Crippen molar-refractivity contribution in [3.05, 3.63) is 69.7 Å². The van der Waals surface area contributed by atoms with Crippen LogP contribution in [0.25, 0.3) is 0 Å². The van der Waals surface area contributed by atoms with Gasteiger partial charge in [0.2, 0.25) is 11.8 Å². The SMILES string of the molecule is C[C@@H](C(=O)NC(C)(C)C)N(Cc1ccc(Cl)cc1)C(=O)Cc1cccc(Cl)c1. The number of carbonyl (C=O) groups is 2.